The Balaban J connectivity index is 1.85. The number of imidazole rings is 1. The Bertz CT molecular complexity index is 1200. The van der Waals surface area contributed by atoms with Crippen LogP contribution >= 0.6 is 0 Å². The van der Waals surface area contributed by atoms with Crippen molar-refractivity contribution in [1.82, 2.24) is 14.5 Å². The number of carbonyl (C=O) groups is 1. The van der Waals surface area contributed by atoms with Crippen molar-refractivity contribution in [2.45, 2.75) is 25.8 Å². The third-order valence-corrected chi connectivity index (χ3v) is 5.71. The second-order valence-electron chi connectivity index (χ2n) is 7.83. The Labute approximate surface area is 186 Å². The third-order valence-electron chi connectivity index (χ3n) is 5.71. The molecule has 0 aliphatic carbocycles. The highest BCUT2D eigenvalue weighted by Gasteiger charge is 2.28. The Kier molecular flexibility index (Phi) is 5.93. The number of rotatable bonds is 4. The lowest BCUT2D eigenvalue weighted by Gasteiger charge is -2.30. The van der Waals surface area contributed by atoms with Crippen LogP contribution in [-0.4, -0.2) is 46.6 Å². The first-order chi connectivity index (χ1) is 15.4. The molecule has 0 saturated carbocycles. The van der Waals surface area contributed by atoms with Gasteiger partial charge in [0.2, 0.25) is 5.69 Å². The molecule has 0 unspecified atom stereocenters. The van der Waals surface area contributed by atoms with Crippen LogP contribution in [0.1, 0.15) is 29.0 Å². The maximum absolute atomic E-state index is 14.4. The van der Waals surface area contributed by atoms with E-state index in [4.69, 9.17) is 17.0 Å². The van der Waals surface area contributed by atoms with Gasteiger partial charge in [-0.3, -0.25) is 9.36 Å². The van der Waals surface area contributed by atoms with Gasteiger partial charge >= 0.3 is 0 Å². The van der Waals surface area contributed by atoms with Gasteiger partial charge in [-0.05, 0) is 50.1 Å². The summed E-state index contributed by atoms with van der Waals surface area (Å²) in [6, 6.07) is 11.6. The molecule has 1 aliphatic rings. The van der Waals surface area contributed by atoms with Crippen molar-refractivity contribution in [3.63, 3.8) is 0 Å². The van der Waals surface area contributed by atoms with Crippen LogP contribution in [0.25, 0.3) is 21.9 Å². The quantitative estimate of drug-likeness (QED) is 0.628. The molecule has 1 saturated heterocycles. The molecule has 0 bridgehead atoms. The fourth-order valence-corrected chi connectivity index (χ4v) is 4.03. The lowest BCUT2D eigenvalue weighted by molar-refractivity contribution is 0.0702. The summed E-state index contributed by atoms with van der Waals surface area (Å²) < 4.78 is 21.5. The highest BCUT2D eigenvalue weighted by molar-refractivity contribution is 5.94. The van der Waals surface area contributed by atoms with Gasteiger partial charge in [-0.15, -0.1) is 0 Å². The zero-order valence-electron chi connectivity index (χ0n) is 18.0. The number of ether oxygens (including phenoxy) is 1. The van der Waals surface area contributed by atoms with Gasteiger partial charge in [0.25, 0.3) is 5.91 Å². The van der Waals surface area contributed by atoms with Gasteiger partial charge in [0.15, 0.2) is 0 Å². The van der Waals surface area contributed by atoms with Crippen LogP contribution in [0, 0.1) is 19.3 Å². The van der Waals surface area contributed by atoms with Crippen molar-refractivity contribution in [1.29, 1.82) is 0 Å². The number of piperidine rings is 1. The molecule has 0 spiro atoms. The lowest BCUT2D eigenvalue weighted by Crippen LogP contribution is -2.46. The number of aromatic nitrogens is 2. The third kappa shape index (κ3) is 3.95. The van der Waals surface area contributed by atoms with Crippen molar-refractivity contribution >= 4 is 11.6 Å². The van der Waals surface area contributed by atoms with E-state index in [1.165, 1.54) is 12.1 Å². The average Bonchev–Trinajstić information content (AvgIpc) is 3.15. The molecule has 164 valence electrons. The Morgan fingerprint density at radius 2 is 2.03 bits per heavy atom. The molecule has 32 heavy (non-hydrogen) atoms. The number of likely N-dealkylation sites (tertiary alicyclic amines) is 1. The Morgan fingerprint density at radius 1 is 1.28 bits per heavy atom. The highest BCUT2D eigenvalue weighted by atomic mass is 19.1. The summed E-state index contributed by atoms with van der Waals surface area (Å²) in [4.78, 5) is 22.9. The van der Waals surface area contributed by atoms with Gasteiger partial charge in [0.1, 0.15) is 23.1 Å². The predicted molar refractivity (Wildman–Crippen MR) is 120 cm³/mol. The Morgan fingerprint density at radius 3 is 2.66 bits per heavy atom. The maximum Gasteiger partial charge on any atom is 0.274 e. The molecule has 2 heterocycles. The molecule has 1 atom stereocenters. The van der Waals surface area contributed by atoms with E-state index in [9.17, 15) is 9.18 Å². The summed E-state index contributed by atoms with van der Waals surface area (Å²) in [5.74, 6) is 0.297. The average molecular weight is 433 g/mol. The highest BCUT2D eigenvalue weighted by Crippen LogP contribution is 2.31. The summed E-state index contributed by atoms with van der Waals surface area (Å²) in [5, 5.41) is 0. The van der Waals surface area contributed by atoms with Gasteiger partial charge in [0, 0.05) is 30.4 Å². The van der Waals surface area contributed by atoms with Crippen LogP contribution < -0.4 is 10.5 Å². The van der Waals surface area contributed by atoms with E-state index in [-0.39, 0.29) is 17.6 Å². The summed E-state index contributed by atoms with van der Waals surface area (Å²) in [7, 11) is 1.59. The normalized spacial score (nSPS) is 16.0. The molecule has 1 aromatic heterocycles. The number of nitrogens with two attached hydrogens (primary N) is 1. The maximum atomic E-state index is 14.4. The van der Waals surface area contributed by atoms with Crippen LogP contribution in [-0.2, 0) is 0 Å². The largest absolute Gasteiger partial charge is 0.497 e. The van der Waals surface area contributed by atoms with E-state index < -0.39 is 5.82 Å². The monoisotopic (exact) mass is 433 g/mol. The van der Waals surface area contributed by atoms with Gasteiger partial charge < -0.3 is 15.4 Å². The molecule has 1 amide bonds. The predicted octanol–water partition coefficient (Wildman–Crippen LogP) is 4.11. The Hall–Kier alpha value is -3.70. The molecule has 0 radical (unpaired) electrons. The van der Waals surface area contributed by atoms with Crippen molar-refractivity contribution in [2.24, 2.45) is 5.73 Å². The first-order valence-electron chi connectivity index (χ1n) is 10.4. The zero-order valence-corrected chi connectivity index (χ0v) is 18.0. The fraction of sp³-hybridized carbons (Fsp3) is 0.292. The van der Waals surface area contributed by atoms with Crippen molar-refractivity contribution in [2.75, 3.05) is 20.2 Å². The first kappa shape index (κ1) is 21.5. The van der Waals surface area contributed by atoms with Crippen LogP contribution in [0.2, 0.25) is 0 Å². The SMILES string of the molecule is [C-]#[N+]c1ccc(-c2nc(C(=O)N3CCC[C@@H](N)C3)c(C)n2-c2ccc(OC)cc2)cc1F. The van der Waals surface area contributed by atoms with Crippen LogP contribution in [0.15, 0.2) is 42.5 Å². The number of benzene rings is 2. The van der Waals surface area contributed by atoms with E-state index in [1.54, 1.807) is 18.1 Å². The summed E-state index contributed by atoms with van der Waals surface area (Å²) in [6.07, 6.45) is 1.74. The second kappa shape index (κ2) is 8.81. The number of hydrogen-bond donors (Lipinski definition) is 1. The molecule has 4 rings (SSSR count). The van der Waals surface area contributed by atoms with Crippen molar-refractivity contribution in [3.8, 4) is 22.8 Å². The summed E-state index contributed by atoms with van der Waals surface area (Å²) in [6.45, 7) is 10.0. The number of nitrogens with zero attached hydrogens (tertiary/aromatic N) is 4. The number of hydrogen-bond acceptors (Lipinski definition) is 4. The minimum atomic E-state index is -0.630. The van der Waals surface area contributed by atoms with Crippen LogP contribution in [0.4, 0.5) is 10.1 Å². The molecule has 8 heteroatoms. The molecular formula is C24H24FN5O2. The van der Waals surface area contributed by atoms with Gasteiger partial charge in [-0.2, -0.15) is 0 Å². The summed E-state index contributed by atoms with van der Waals surface area (Å²) in [5.41, 5.74) is 8.19. The van der Waals surface area contributed by atoms with Crippen LogP contribution in [0.5, 0.6) is 5.75 Å². The minimum Gasteiger partial charge on any atom is -0.497 e. The molecule has 1 fully saturated rings. The smallest absolute Gasteiger partial charge is 0.274 e. The van der Waals surface area contributed by atoms with E-state index in [1.807, 2.05) is 35.8 Å². The number of amides is 1. The molecule has 3 aromatic rings. The molecule has 7 nitrogen and oxygen atoms in total. The number of methoxy groups -OCH3 is 1. The van der Waals surface area contributed by atoms with Crippen LogP contribution in [0.3, 0.4) is 0 Å². The van der Waals surface area contributed by atoms with Crippen molar-refractivity contribution in [3.05, 3.63) is 71.1 Å². The molecule has 2 N–H and O–H groups in total. The number of halogens is 1. The zero-order chi connectivity index (χ0) is 22.8. The molecule has 1 aliphatic heterocycles. The van der Waals surface area contributed by atoms with Gasteiger partial charge in [-0.25, -0.2) is 14.2 Å². The lowest BCUT2D eigenvalue weighted by atomic mass is 10.1. The first-order valence-corrected chi connectivity index (χ1v) is 10.4. The van der Waals surface area contributed by atoms with E-state index in [2.05, 4.69) is 9.83 Å². The molecule has 2 aromatic carbocycles. The van der Waals surface area contributed by atoms with E-state index in [0.29, 0.717) is 41.6 Å². The standard InChI is InChI=1S/C24H24FN5O2/c1-15-22(24(31)29-12-4-5-17(26)14-29)28-23(16-6-11-21(27-2)20(25)13-16)30(15)18-7-9-19(32-3)10-8-18/h6-11,13,17H,4-5,12,14,26H2,1,3H3/t17-/m1/s1. The van der Waals surface area contributed by atoms with Gasteiger partial charge in [-0.1, -0.05) is 12.1 Å². The van der Waals surface area contributed by atoms with E-state index >= 15 is 0 Å². The number of carbonyl (C=O) groups excluding carboxylic acids is 1. The molecular weight excluding hydrogens is 409 g/mol. The van der Waals surface area contributed by atoms with Crippen molar-refractivity contribution < 1.29 is 13.9 Å². The van der Waals surface area contributed by atoms with E-state index in [0.717, 1.165) is 18.5 Å². The second-order valence-corrected chi connectivity index (χ2v) is 7.83. The van der Waals surface area contributed by atoms with Gasteiger partial charge in [0.05, 0.1) is 19.4 Å². The summed E-state index contributed by atoms with van der Waals surface area (Å²) >= 11 is 0. The topological polar surface area (TPSA) is 77.7 Å². The fourth-order valence-electron chi connectivity index (χ4n) is 4.03. The minimum absolute atomic E-state index is 0.0496.